The normalized spacial score (nSPS) is 16.3. The molecule has 0 saturated carbocycles. The van der Waals surface area contributed by atoms with E-state index in [1.807, 2.05) is 18.3 Å². The number of aryl methyl sites for hydroxylation is 1. The fourth-order valence-electron chi connectivity index (χ4n) is 4.24. The van der Waals surface area contributed by atoms with Crippen LogP contribution in [0.15, 0.2) is 35.3 Å². The molecule has 3 heterocycles. The molecule has 0 amide bonds. The molecule has 0 bridgehead atoms. The molecule has 9 heteroatoms. The number of nitrogens with zero attached hydrogens (tertiary/aromatic N) is 1. The second-order valence-corrected chi connectivity index (χ2v) is 12.2. The summed E-state index contributed by atoms with van der Waals surface area (Å²) in [6.07, 6.45) is 2.81. The van der Waals surface area contributed by atoms with Gasteiger partial charge in [-0.2, -0.15) is 0 Å². The Bertz CT molecular complexity index is 1370. The Labute approximate surface area is 197 Å². The van der Waals surface area contributed by atoms with Crippen molar-refractivity contribution in [3.8, 4) is 16.9 Å². The second-order valence-electron chi connectivity index (χ2n) is 8.87. The molecule has 33 heavy (non-hydrogen) atoms. The molecule has 0 radical (unpaired) electrons. The Morgan fingerprint density at radius 3 is 2.58 bits per heavy atom. The number of thiophene rings is 1. The van der Waals surface area contributed by atoms with Crippen LogP contribution in [0.1, 0.15) is 43.0 Å². The third-order valence-electron chi connectivity index (χ3n) is 6.17. The van der Waals surface area contributed by atoms with E-state index < -0.39 is 9.84 Å². The Hall–Kier alpha value is -2.65. The van der Waals surface area contributed by atoms with Gasteiger partial charge in [0.2, 0.25) is 0 Å². The highest BCUT2D eigenvalue weighted by molar-refractivity contribution is 7.91. The van der Waals surface area contributed by atoms with Crippen LogP contribution in [0, 0.1) is 5.41 Å². The molecule has 1 aliphatic heterocycles. The number of methoxy groups -OCH3 is 1. The molecule has 176 valence electrons. The number of hydrogen-bond acceptors (Lipinski definition) is 6. The minimum Gasteiger partial charge on any atom is -0.496 e. The molecule has 7 nitrogen and oxygen atoms in total. The Kier molecular flexibility index (Phi) is 6.37. The van der Waals surface area contributed by atoms with E-state index in [1.54, 1.807) is 24.8 Å². The zero-order valence-corrected chi connectivity index (χ0v) is 20.9. The van der Waals surface area contributed by atoms with E-state index in [2.05, 4.69) is 25.2 Å². The molecule has 3 aromatic rings. The van der Waals surface area contributed by atoms with Gasteiger partial charge in [-0.15, -0.1) is 11.3 Å². The van der Waals surface area contributed by atoms with E-state index >= 15 is 0 Å². The van der Waals surface area contributed by atoms with Gasteiger partial charge in [0.05, 0.1) is 28.9 Å². The molecular formula is C24H29N3O4S2. The van der Waals surface area contributed by atoms with Crippen molar-refractivity contribution in [3.63, 3.8) is 0 Å². The topological polar surface area (TPSA) is 101 Å². The third-order valence-corrected chi connectivity index (χ3v) is 9.07. The third kappa shape index (κ3) is 4.70. The van der Waals surface area contributed by atoms with Crippen LogP contribution >= 0.6 is 11.3 Å². The van der Waals surface area contributed by atoms with Gasteiger partial charge >= 0.3 is 0 Å². The second kappa shape index (κ2) is 8.95. The Morgan fingerprint density at radius 2 is 1.94 bits per heavy atom. The van der Waals surface area contributed by atoms with Gasteiger partial charge in [0.15, 0.2) is 0 Å². The minimum absolute atomic E-state index is 0.0543. The van der Waals surface area contributed by atoms with E-state index in [0.29, 0.717) is 29.0 Å². The Morgan fingerprint density at radius 1 is 1.24 bits per heavy atom. The number of ether oxygens (including phenoxy) is 1. The van der Waals surface area contributed by atoms with Gasteiger partial charge in [-0.05, 0) is 42.0 Å². The summed E-state index contributed by atoms with van der Waals surface area (Å²) in [6.45, 7) is 4.24. The van der Waals surface area contributed by atoms with Crippen LogP contribution in [0.25, 0.3) is 21.2 Å². The zero-order valence-electron chi connectivity index (χ0n) is 19.3. The standard InChI is InChI=1S/C24H29N3O4S2/c1-14(2)17-6-5-15(11-20(17)31-4)19-13-27(3)24(28)18-12-21(32-22(18)19)23(25)26-16-7-9-33(29,30)10-8-16/h5-6,11-14,16H,7-10H2,1-4H3,(H2,25,26). The number of benzene rings is 1. The van der Waals surface area contributed by atoms with Crippen molar-refractivity contribution >= 4 is 37.1 Å². The van der Waals surface area contributed by atoms with Gasteiger partial charge in [0.25, 0.3) is 5.56 Å². The van der Waals surface area contributed by atoms with Crippen LogP contribution in [-0.2, 0) is 16.9 Å². The van der Waals surface area contributed by atoms with E-state index in [9.17, 15) is 13.2 Å². The van der Waals surface area contributed by atoms with E-state index in [-0.39, 0.29) is 28.9 Å². The highest BCUT2D eigenvalue weighted by Gasteiger charge is 2.25. The maximum absolute atomic E-state index is 12.9. The number of rotatable bonds is 5. The molecule has 1 fully saturated rings. The lowest BCUT2D eigenvalue weighted by atomic mass is 9.97. The van der Waals surface area contributed by atoms with Gasteiger partial charge in [-0.3, -0.25) is 10.2 Å². The minimum atomic E-state index is -2.96. The SMILES string of the molecule is COc1cc(-c2cn(C)c(=O)c3cc(C(=N)NC4CCS(=O)(=O)CC4)sc23)ccc1C(C)C. The molecule has 1 aliphatic rings. The first kappa shape index (κ1) is 23.5. The summed E-state index contributed by atoms with van der Waals surface area (Å²) < 4.78 is 31.4. The molecular weight excluding hydrogens is 458 g/mol. The molecule has 0 aliphatic carbocycles. The van der Waals surface area contributed by atoms with Crippen molar-refractivity contribution in [3.05, 3.63) is 51.3 Å². The van der Waals surface area contributed by atoms with Crippen molar-refractivity contribution in [2.75, 3.05) is 18.6 Å². The maximum atomic E-state index is 12.9. The highest BCUT2D eigenvalue weighted by atomic mass is 32.2. The number of fused-ring (bicyclic) bond motifs is 1. The number of nitrogens with one attached hydrogen (secondary N) is 2. The van der Waals surface area contributed by atoms with Gasteiger partial charge < -0.3 is 14.6 Å². The summed E-state index contributed by atoms with van der Waals surface area (Å²) in [4.78, 5) is 13.5. The molecule has 2 N–H and O–H groups in total. The first-order chi connectivity index (χ1) is 15.6. The van der Waals surface area contributed by atoms with Crippen molar-refractivity contribution in [2.45, 2.75) is 38.6 Å². The van der Waals surface area contributed by atoms with Crippen LogP contribution in [0.2, 0.25) is 0 Å². The summed E-state index contributed by atoms with van der Waals surface area (Å²) in [7, 11) is 0.431. The molecule has 0 atom stereocenters. The first-order valence-electron chi connectivity index (χ1n) is 11.0. The molecule has 4 rings (SSSR count). The predicted octanol–water partition coefficient (Wildman–Crippen LogP) is 3.89. The number of hydrogen-bond donors (Lipinski definition) is 2. The van der Waals surface area contributed by atoms with E-state index in [1.165, 1.54) is 11.3 Å². The summed E-state index contributed by atoms with van der Waals surface area (Å²) in [5, 5.41) is 12.3. The average molecular weight is 488 g/mol. The van der Waals surface area contributed by atoms with Crippen LogP contribution < -0.4 is 15.6 Å². The zero-order chi connectivity index (χ0) is 23.9. The van der Waals surface area contributed by atoms with Crippen molar-refractivity contribution in [1.29, 1.82) is 5.41 Å². The lowest BCUT2D eigenvalue weighted by molar-refractivity contribution is 0.408. The van der Waals surface area contributed by atoms with Crippen molar-refractivity contribution in [2.24, 2.45) is 7.05 Å². The van der Waals surface area contributed by atoms with Gasteiger partial charge in [0, 0.05) is 29.5 Å². The van der Waals surface area contributed by atoms with Crippen LogP contribution in [0.3, 0.4) is 0 Å². The largest absolute Gasteiger partial charge is 0.496 e. The monoisotopic (exact) mass is 487 g/mol. The van der Waals surface area contributed by atoms with Crippen molar-refractivity contribution < 1.29 is 13.2 Å². The van der Waals surface area contributed by atoms with Gasteiger partial charge in [0.1, 0.15) is 21.4 Å². The summed E-state index contributed by atoms with van der Waals surface area (Å²) in [5.41, 5.74) is 2.86. The van der Waals surface area contributed by atoms with Crippen molar-refractivity contribution in [1.82, 2.24) is 9.88 Å². The molecule has 1 saturated heterocycles. The maximum Gasteiger partial charge on any atom is 0.259 e. The van der Waals surface area contributed by atoms with E-state index in [4.69, 9.17) is 10.1 Å². The summed E-state index contributed by atoms with van der Waals surface area (Å²) in [6, 6.07) is 7.81. The lowest BCUT2D eigenvalue weighted by Crippen LogP contribution is -2.40. The summed E-state index contributed by atoms with van der Waals surface area (Å²) in [5.74, 6) is 1.64. The molecule has 0 spiro atoms. The lowest BCUT2D eigenvalue weighted by Gasteiger charge is -2.23. The summed E-state index contributed by atoms with van der Waals surface area (Å²) >= 11 is 1.40. The van der Waals surface area contributed by atoms with Crippen LogP contribution in [-0.4, -0.2) is 43.5 Å². The fourth-order valence-corrected chi connectivity index (χ4v) is 6.83. The molecule has 2 aromatic heterocycles. The van der Waals surface area contributed by atoms with Crippen LogP contribution in [0.5, 0.6) is 5.75 Å². The average Bonchev–Trinajstić information content (AvgIpc) is 3.23. The quantitative estimate of drug-likeness (QED) is 0.420. The number of aromatic nitrogens is 1. The fraction of sp³-hybridized carbons (Fsp3) is 0.417. The van der Waals surface area contributed by atoms with Crippen LogP contribution in [0.4, 0.5) is 0 Å². The predicted molar refractivity (Wildman–Crippen MR) is 135 cm³/mol. The number of amidine groups is 1. The molecule has 1 aromatic carbocycles. The van der Waals surface area contributed by atoms with E-state index in [0.717, 1.165) is 27.1 Å². The Balaban J connectivity index is 1.72. The first-order valence-corrected chi connectivity index (χ1v) is 13.6. The van der Waals surface area contributed by atoms with Gasteiger partial charge in [-0.1, -0.05) is 26.0 Å². The smallest absolute Gasteiger partial charge is 0.259 e. The van der Waals surface area contributed by atoms with Gasteiger partial charge in [-0.25, -0.2) is 8.42 Å². The number of sulfone groups is 1. The highest BCUT2D eigenvalue weighted by Crippen LogP contribution is 2.37. The number of pyridine rings is 1. The molecule has 0 unspecified atom stereocenters.